The third-order valence-corrected chi connectivity index (χ3v) is 7.14. The highest BCUT2D eigenvalue weighted by Crippen LogP contribution is 2.41. The van der Waals surface area contributed by atoms with E-state index in [9.17, 15) is 9.59 Å². The van der Waals surface area contributed by atoms with Gasteiger partial charge in [-0.05, 0) is 48.5 Å². The molecule has 1 heterocycles. The van der Waals surface area contributed by atoms with Gasteiger partial charge in [-0.1, -0.05) is 76.7 Å². The first-order valence-electron chi connectivity index (χ1n) is 12.0. The number of esters is 1. The van der Waals surface area contributed by atoms with E-state index in [-0.39, 0.29) is 17.0 Å². The van der Waals surface area contributed by atoms with Gasteiger partial charge in [-0.25, -0.2) is 10.2 Å². The highest BCUT2D eigenvalue weighted by molar-refractivity contribution is 6.41. The predicted octanol–water partition coefficient (Wildman–Crippen LogP) is 8.44. The molecule has 0 saturated carbocycles. The standard InChI is InChI=1S/C30H19Cl4N3O4/c1-40-25-11-10-17(31)12-20(25)30(39)41-24-9-5-2-6-16(24)15-35-37-29(38)28-26(19-7-3-4-8-21(19)33)27-22(34)13-18(32)14-23(27)36-28/h2-15,36H,1H3,(H,37,38). The lowest BCUT2D eigenvalue weighted by molar-refractivity contribution is 0.0730. The molecule has 4 aromatic carbocycles. The Bertz CT molecular complexity index is 1830. The average Bonchev–Trinajstić information content (AvgIpc) is 3.33. The van der Waals surface area contributed by atoms with Gasteiger partial charge < -0.3 is 14.5 Å². The van der Waals surface area contributed by atoms with E-state index in [4.69, 9.17) is 55.9 Å². The van der Waals surface area contributed by atoms with Crippen molar-refractivity contribution in [3.63, 3.8) is 0 Å². The molecule has 5 aromatic rings. The summed E-state index contributed by atoms with van der Waals surface area (Å²) < 4.78 is 10.8. The van der Waals surface area contributed by atoms with Crippen LogP contribution in [-0.2, 0) is 0 Å². The number of hydrogen-bond donors (Lipinski definition) is 2. The van der Waals surface area contributed by atoms with Crippen molar-refractivity contribution in [1.29, 1.82) is 0 Å². The van der Waals surface area contributed by atoms with Crippen LogP contribution in [0.1, 0.15) is 26.4 Å². The predicted molar refractivity (Wildman–Crippen MR) is 163 cm³/mol. The Labute approximate surface area is 254 Å². The lowest BCUT2D eigenvalue weighted by Gasteiger charge is -2.10. The summed E-state index contributed by atoms with van der Waals surface area (Å²) in [5, 5.41) is 6.24. The number of hydrogen-bond acceptors (Lipinski definition) is 5. The van der Waals surface area contributed by atoms with Crippen LogP contribution in [0.5, 0.6) is 11.5 Å². The fourth-order valence-electron chi connectivity index (χ4n) is 4.24. The fourth-order valence-corrected chi connectivity index (χ4v) is 5.23. The molecule has 0 radical (unpaired) electrons. The number of aromatic amines is 1. The number of H-pyrrole nitrogens is 1. The monoisotopic (exact) mass is 625 g/mol. The summed E-state index contributed by atoms with van der Waals surface area (Å²) in [5.74, 6) is -0.710. The number of ether oxygens (including phenoxy) is 2. The van der Waals surface area contributed by atoms with Crippen molar-refractivity contribution in [3.05, 3.63) is 116 Å². The van der Waals surface area contributed by atoms with Crippen molar-refractivity contribution in [2.45, 2.75) is 0 Å². The maximum absolute atomic E-state index is 13.4. The number of fused-ring (bicyclic) bond motifs is 1. The van der Waals surface area contributed by atoms with Crippen molar-refractivity contribution < 1.29 is 19.1 Å². The van der Waals surface area contributed by atoms with Crippen LogP contribution in [0.4, 0.5) is 0 Å². The summed E-state index contributed by atoms with van der Waals surface area (Å²) in [7, 11) is 1.44. The Morgan fingerprint density at radius 2 is 1.61 bits per heavy atom. The summed E-state index contributed by atoms with van der Waals surface area (Å²) in [6.07, 6.45) is 1.36. The second-order valence-corrected chi connectivity index (χ2v) is 10.3. The van der Waals surface area contributed by atoms with Crippen LogP contribution in [0.25, 0.3) is 22.0 Å². The van der Waals surface area contributed by atoms with Crippen LogP contribution >= 0.6 is 46.4 Å². The number of carbonyl (C=O) groups is 2. The molecule has 2 N–H and O–H groups in total. The van der Waals surface area contributed by atoms with Crippen LogP contribution in [0.2, 0.25) is 20.1 Å². The van der Waals surface area contributed by atoms with E-state index in [0.717, 1.165) is 0 Å². The zero-order valence-corrected chi connectivity index (χ0v) is 24.2. The molecule has 0 spiro atoms. The van der Waals surface area contributed by atoms with Gasteiger partial charge in [0.2, 0.25) is 0 Å². The molecule has 41 heavy (non-hydrogen) atoms. The first-order chi connectivity index (χ1) is 19.8. The number of nitrogens with one attached hydrogen (secondary N) is 2. The van der Waals surface area contributed by atoms with E-state index < -0.39 is 11.9 Å². The third kappa shape index (κ3) is 6.04. The molecular formula is C30H19Cl4N3O4. The molecule has 7 nitrogen and oxygen atoms in total. The van der Waals surface area contributed by atoms with E-state index in [1.807, 2.05) is 0 Å². The van der Waals surface area contributed by atoms with Gasteiger partial charge in [0.05, 0.1) is 18.3 Å². The van der Waals surface area contributed by atoms with E-state index in [1.165, 1.54) is 19.4 Å². The molecule has 1 amide bonds. The Balaban J connectivity index is 1.43. The molecule has 1 aromatic heterocycles. The first kappa shape index (κ1) is 28.5. The van der Waals surface area contributed by atoms with Crippen LogP contribution in [0.3, 0.4) is 0 Å². The van der Waals surface area contributed by atoms with Gasteiger partial charge in [0.15, 0.2) is 0 Å². The molecule has 11 heteroatoms. The van der Waals surface area contributed by atoms with E-state index in [1.54, 1.807) is 72.8 Å². The minimum atomic E-state index is -0.674. The Morgan fingerprint density at radius 3 is 2.39 bits per heavy atom. The number of para-hydroxylation sites is 1. The molecule has 5 rings (SSSR count). The van der Waals surface area contributed by atoms with E-state index in [0.29, 0.717) is 53.4 Å². The molecule has 0 saturated heterocycles. The van der Waals surface area contributed by atoms with Gasteiger partial charge in [-0.15, -0.1) is 0 Å². The summed E-state index contributed by atoms with van der Waals surface area (Å²) in [4.78, 5) is 29.3. The van der Waals surface area contributed by atoms with E-state index >= 15 is 0 Å². The molecule has 0 atom stereocenters. The smallest absolute Gasteiger partial charge is 0.347 e. The molecule has 0 aliphatic carbocycles. The second kappa shape index (κ2) is 12.2. The van der Waals surface area contributed by atoms with Crippen molar-refractivity contribution in [1.82, 2.24) is 10.4 Å². The van der Waals surface area contributed by atoms with Crippen LogP contribution in [-0.4, -0.2) is 30.2 Å². The highest BCUT2D eigenvalue weighted by Gasteiger charge is 2.23. The number of amides is 1. The zero-order valence-electron chi connectivity index (χ0n) is 21.2. The Morgan fingerprint density at radius 1 is 0.854 bits per heavy atom. The van der Waals surface area contributed by atoms with Gasteiger partial charge in [0.25, 0.3) is 5.91 Å². The molecule has 0 bridgehead atoms. The van der Waals surface area contributed by atoms with Gasteiger partial charge >= 0.3 is 5.97 Å². The van der Waals surface area contributed by atoms with Crippen molar-refractivity contribution >= 4 is 75.4 Å². The molecule has 0 unspecified atom stereocenters. The number of carbonyl (C=O) groups excluding carboxylic acids is 2. The SMILES string of the molecule is COc1ccc(Cl)cc1C(=O)Oc1ccccc1C=NNC(=O)c1[nH]c2cc(Cl)cc(Cl)c2c1-c1ccccc1Cl. The van der Waals surface area contributed by atoms with Crippen LogP contribution in [0.15, 0.2) is 84.0 Å². The number of halogens is 4. The topological polar surface area (TPSA) is 92.8 Å². The van der Waals surface area contributed by atoms with Crippen molar-refractivity contribution in [2.75, 3.05) is 7.11 Å². The number of aromatic nitrogens is 1. The average molecular weight is 627 g/mol. The number of nitrogens with zero attached hydrogens (tertiary/aromatic N) is 1. The summed E-state index contributed by atoms with van der Waals surface area (Å²) >= 11 is 25.3. The van der Waals surface area contributed by atoms with Gasteiger partial charge in [0, 0.05) is 42.7 Å². The number of hydrazone groups is 1. The Kier molecular flexibility index (Phi) is 8.52. The number of rotatable bonds is 7. The van der Waals surface area contributed by atoms with Gasteiger partial charge in [-0.2, -0.15) is 5.10 Å². The molecule has 0 aliphatic heterocycles. The normalized spacial score (nSPS) is 11.1. The number of methoxy groups -OCH3 is 1. The largest absolute Gasteiger partial charge is 0.496 e. The lowest BCUT2D eigenvalue weighted by Crippen LogP contribution is -2.19. The molecular weight excluding hydrogens is 608 g/mol. The minimum absolute atomic E-state index is 0.157. The maximum Gasteiger partial charge on any atom is 0.347 e. The third-order valence-electron chi connectivity index (χ3n) is 6.06. The van der Waals surface area contributed by atoms with Crippen molar-refractivity contribution in [2.24, 2.45) is 5.10 Å². The molecule has 206 valence electrons. The molecule has 0 fully saturated rings. The van der Waals surface area contributed by atoms with E-state index in [2.05, 4.69) is 15.5 Å². The zero-order chi connectivity index (χ0) is 29.1. The van der Waals surface area contributed by atoms with Gasteiger partial charge in [-0.3, -0.25) is 4.79 Å². The first-order valence-corrected chi connectivity index (χ1v) is 13.5. The quantitative estimate of drug-likeness (QED) is 0.0820. The summed E-state index contributed by atoms with van der Waals surface area (Å²) in [6, 6.07) is 21.7. The van der Waals surface area contributed by atoms with Crippen LogP contribution in [0, 0.1) is 0 Å². The van der Waals surface area contributed by atoms with Crippen molar-refractivity contribution in [3.8, 4) is 22.6 Å². The highest BCUT2D eigenvalue weighted by atomic mass is 35.5. The summed E-state index contributed by atoms with van der Waals surface area (Å²) in [6.45, 7) is 0. The van der Waals surface area contributed by atoms with Gasteiger partial charge in [0.1, 0.15) is 22.8 Å². The number of benzene rings is 4. The summed E-state index contributed by atoms with van der Waals surface area (Å²) in [5.41, 5.74) is 4.95. The lowest BCUT2D eigenvalue weighted by atomic mass is 10.0. The minimum Gasteiger partial charge on any atom is -0.496 e. The maximum atomic E-state index is 13.4. The molecule has 0 aliphatic rings. The second-order valence-electron chi connectivity index (χ2n) is 8.64. The van der Waals surface area contributed by atoms with Crippen LogP contribution < -0.4 is 14.9 Å². The Hall–Kier alpha value is -4.01. The fraction of sp³-hybridized carbons (Fsp3) is 0.0333.